The van der Waals surface area contributed by atoms with E-state index >= 15 is 0 Å². The van der Waals surface area contributed by atoms with E-state index in [0.29, 0.717) is 24.1 Å². The summed E-state index contributed by atoms with van der Waals surface area (Å²) in [7, 11) is 1.55. The van der Waals surface area contributed by atoms with Crippen molar-refractivity contribution in [2.24, 2.45) is 0 Å². The van der Waals surface area contributed by atoms with Gasteiger partial charge in [-0.2, -0.15) is 4.39 Å². The number of nitro groups is 2. The van der Waals surface area contributed by atoms with Crippen molar-refractivity contribution in [2.75, 3.05) is 18.5 Å². The molecular formula is C15H13ClFN3O4. The van der Waals surface area contributed by atoms with Crippen molar-refractivity contribution in [1.29, 1.82) is 0 Å². The van der Waals surface area contributed by atoms with E-state index in [2.05, 4.69) is 0 Å². The van der Waals surface area contributed by atoms with Crippen LogP contribution in [0.4, 0.5) is 21.5 Å². The average Bonchev–Trinajstić information content (AvgIpc) is 2.52. The van der Waals surface area contributed by atoms with Gasteiger partial charge in [0.05, 0.1) is 15.9 Å². The first-order valence-electron chi connectivity index (χ1n) is 6.88. The predicted octanol–water partition coefficient (Wildman–Crippen LogP) is 3.97. The minimum absolute atomic E-state index is 0.0323. The van der Waals surface area contributed by atoms with E-state index in [0.717, 1.165) is 11.6 Å². The third kappa shape index (κ3) is 3.77. The SMILES string of the molecule is CN(CCc1ccccc1Cl)c1cc(F)c([N+](=O)[O-])cc1[N+](=O)[O-]. The lowest BCUT2D eigenvalue weighted by atomic mass is 10.1. The zero-order chi connectivity index (χ0) is 17.9. The van der Waals surface area contributed by atoms with Crippen LogP contribution >= 0.6 is 11.6 Å². The van der Waals surface area contributed by atoms with Crippen LogP contribution in [0.5, 0.6) is 0 Å². The third-order valence-electron chi connectivity index (χ3n) is 3.52. The quantitative estimate of drug-likeness (QED) is 0.579. The normalized spacial score (nSPS) is 10.5. The van der Waals surface area contributed by atoms with Gasteiger partial charge in [-0.05, 0) is 18.1 Å². The summed E-state index contributed by atoms with van der Waals surface area (Å²) in [6.45, 7) is 0.321. The first-order chi connectivity index (χ1) is 11.3. The number of benzene rings is 2. The van der Waals surface area contributed by atoms with Crippen LogP contribution in [0.15, 0.2) is 36.4 Å². The number of hydrogen-bond donors (Lipinski definition) is 0. The number of halogens is 2. The number of nitro benzene ring substituents is 2. The Balaban J connectivity index is 2.29. The van der Waals surface area contributed by atoms with E-state index in [9.17, 15) is 24.6 Å². The van der Waals surface area contributed by atoms with Gasteiger partial charge in [-0.15, -0.1) is 0 Å². The molecule has 7 nitrogen and oxygen atoms in total. The third-order valence-corrected chi connectivity index (χ3v) is 3.89. The molecule has 0 saturated heterocycles. The maximum atomic E-state index is 13.8. The number of hydrogen-bond acceptors (Lipinski definition) is 5. The van der Waals surface area contributed by atoms with Gasteiger partial charge in [0.2, 0.25) is 5.82 Å². The fourth-order valence-electron chi connectivity index (χ4n) is 2.24. The Morgan fingerprint density at radius 2 is 1.75 bits per heavy atom. The molecule has 0 saturated carbocycles. The van der Waals surface area contributed by atoms with E-state index in [-0.39, 0.29) is 5.69 Å². The Bertz CT molecular complexity index is 800. The standard InChI is InChI=1S/C15H13ClFN3O4/c1-18(7-6-10-4-2-3-5-11(10)16)14-8-12(17)13(19(21)22)9-15(14)20(23)24/h2-5,8-9H,6-7H2,1H3. The Morgan fingerprint density at radius 3 is 2.33 bits per heavy atom. The minimum Gasteiger partial charge on any atom is -0.369 e. The summed E-state index contributed by atoms with van der Waals surface area (Å²) < 4.78 is 13.8. The van der Waals surface area contributed by atoms with Gasteiger partial charge in [-0.1, -0.05) is 29.8 Å². The highest BCUT2D eigenvalue weighted by molar-refractivity contribution is 6.31. The lowest BCUT2D eigenvalue weighted by Crippen LogP contribution is -2.21. The largest absolute Gasteiger partial charge is 0.369 e. The van der Waals surface area contributed by atoms with E-state index in [1.807, 2.05) is 12.1 Å². The van der Waals surface area contributed by atoms with E-state index < -0.39 is 27.0 Å². The summed E-state index contributed by atoms with van der Waals surface area (Å²) in [5.74, 6) is -1.12. The van der Waals surface area contributed by atoms with Crippen LogP contribution in [-0.4, -0.2) is 23.4 Å². The summed E-state index contributed by atoms with van der Waals surface area (Å²) >= 11 is 6.05. The maximum Gasteiger partial charge on any atom is 0.311 e. The molecule has 0 aliphatic heterocycles. The zero-order valence-electron chi connectivity index (χ0n) is 12.6. The van der Waals surface area contributed by atoms with Crippen molar-refractivity contribution in [3.63, 3.8) is 0 Å². The molecule has 0 aromatic heterocycles. The summed E-state index contributed by atoms with van der Waals surface area (Å²) in [5, 5.41) is 22.5. The van der Waals surface area contributed by atoms with Crippen LogP contribution in [0.2, 0.25) is 5.02 Å². The molecule has 126 valence electrons. The first-order valence-corrected chi connectivity index (χ1v) is 7.26. The molecule has 0 atom stereocenters. The molecule has 0 spiro atoms. The van der Waals surface area contributed by atoms with Crippen molar-refractivity contribution < 1.29 is 14.2 Å². The second-order valence-corrected chi connectivity index (χ2v) is 5.48. The molecule has 2 aromatic carbocycles. The van der Waals surface area contributed by atoms with Gasteiger partial charge in [-0.3, -0.25) is 20.2 Å². The second-order valence-electron chi connectivity index (χ2n) is 5.07. The molecular weight excluding hydrogens is 341 g/mol. The Morgan fingerprint density at radius 1 is 1.12 bits per heavy atom. The van der Waals surface area contributed by atoms with Crippen LogP contribution in [0, 0.1) is 26.0 Å². The van der Waals surface area contributed by atoms with Gasteiger partial charge in [0.25, 0.3) is 5.69 Å². The smallest absolute Gasteiger partial charge is 0.311 e. The van der Waals surface area contributed by atoms with E-state index in [1.54, 1.807) is 19.2 Å². The van der Waals surface area contributed by atoms with Crippen molar-refractivity contribution >= 4 is 28.7 Å². The van der Waals surface area contributed by atoms with Crippen LogP contribution < -0.4 is 4.90 Å². The molecule has 0 amide bonds. The molecule has 0 aliphatic carbocycles. The molecule has 0 fully saturated rings. The lowest BCUT2D eigenvalue weighted by molar-refractivity contribution is -0.395. The van der Waals surface area contributed by atoms with Gasteiger partial charge in [0, 0.05) is 24.7 Å². The van der Waals surface area contributed by atoms with Crippen LogP contribution in [-0.2, 0) is 6.42 Å². The molecule has 0 aliphatic rings. The Hall–Kier alpha value is -2.74. The van der Waals surface area contributed by atoms with Gasteiger partial charge >= 0.3 is 5.69 Å². The molecule has 0 bridgehead atoms. The van der Waals surface area contributed by atoms with Gasteiger partial charge < -0.3 is 4.90 Å². The lowest BCUT2D eigenvalue weighted by Gasteiger charge is -2.19. The van der Waals surface area contributed by atoms with Gasteiger partial charge in [0.15, 0.2) is 0 Å². The number of anilines is 1. The first kappa shape index (κ1) is 17.6. The number of nitrogens with zero attached hydrogens (tertiary/aromatic N) is 3. The maximum absolute atomic E-state index is 13.8. The monoisotopic (exact) mass is 353 g/mol. The summed E-state index contributed by atoms with van der Waals surface area (Å²) in [4.78, 5) is 21.6. The number of likely N-dealkylation sites (N-methyl/N-ethyl adjacent to an activating group) is 1. The predicted molar refractivity (Wildman–Crippen MR) is 88.1 cm³/mol. The average molecular weight is 354 g/mol. The fourth-order valence-corrected chi connectivity index (χ4v) is 2.47. The van der Waals surface area contributed by atoms with Crippen LogP contribution in [0.25, 0.3) is 0 Å². The molecule has 9 heteroatoms. The minimum atomic E-state index is -1.12. The van der Waals surface area contributed by atoms with Crippen LogP contribution in [0.3, 0.4) is 0 Å². The van der Waals surface area contributed by atoms with Gasteiger partial charge in [-0.25, -0.2) is 0 Å². The Kier molecular flexibility index (Phi) is 5.30. The topological polar surface area (TPSA) is 89.5 Å². The highest BCUT2D eigenvalue weighted by Gasteiger charge is 2.26. The second kappa shape index (κ2) is 7.22. The Labute approximate surface area is 141 Å². The highest BCUT2D eigenvalue weighted by atomic mass is 35.5. The highest BCUT2D eigenvalue weighted by Crippen LogP contribution is 2.34. The molecule has 2 aromatic rings. The molecule has 0 unspecified atom stereocenters. The van der Waals surface area contributed by atoms with Crippen molar-refractivity contribution in [2.45, 2.75) is 6.42 Å². The van der Waals surface area contributed by atoms with Crippen molar-refractivity contribution in [1.82, 2.24) is 0 Å². The molecule has 0 radical (unpaired) electrons. The molecule has 0 heterocycles. The van der Waals surface area contributed by atoms with Crippen molar-refractivity contribution in [3.05, 3.63) is 73.0 Å². The van der Waals surface area contributed by atoms with E-state index in [1.165, 1.54) is 4.90 Å². The molecule has 24 heavy (non-hydrogen) atoms. The summed E-state index contributed by atoms with van der Waals surface area (Å²) in [6.07, 6.45) is 0.478. The fraction of sp³-hybridized carbons (Fsp3) is 0.200. The molecule has 2 rings (SSSR count). The van der Waals surface area contributed by atoms with E-state index in [4.69, 9.17) is 11.6 Å². The van der Waals surface area contributed by atoms with Crippen molar-refractivity contribution in [3.8, 4) is 0 Å². The van der Waals surface area contributed by atoms with Gasteiger partial charge in [0.1, 0.15) is 5.69 Å². The van der Waals surface area contributed by atoms with Crippen LogP contribution in [0.1, 0.15) is 5.56 Å². The number of rotatable bonds is 6. The summed E-state index contributed by atoms with van der Waals surface area (Å²) in [6, 6.07) is 8.59. The summed E-state index contributed by atoms with van der Waals surface area (Å²) in [5.41, 5.74) is -0.638. The molecule has 0 N–H and O–H groups in total. The zero-order valence-corrected chi connectivity index (χ0v) is 13.4.